The molecule has 2 N–H and O–H groups in total. The van der Waals surface area contributed by atoms with E-state index in [2.05, 4.69) is 91.2 Å². The van der Waals surface area contributed by atoms with Crippen molar-refractivity contribution >= 4 is 6.16 Å². The van der Waals surface area contributed by atoms with Gasteiger partial charge in [-0.1, -0.05) is 67.5 Å². The van der Waals surface area contributed by atoms with Crippen molar-refractivity contribution in [2.45, 2.75) is 205 Å². The Balaban J connectivity index is 0.830. The third-order valence-corrected chi connectivity index (χ3v) is 24.3. The lowest BCUT2D eigenvalue weighted by molar-refractivity contribution is -0.276. The Bertz CT molecular complexity index is 2380. The Labute approximate surface area is 405 Å². The summed E-state index contributed by atoms with van der Waals surface area (Å²) in [5, 5.41) is 25.5. The van der Waals surface area contributed by atoms with Gasteiger partial charge in [-0.2, -0.15) is 0 Å². The van der Waals surface area contributed by atoms with Crippen LogP contribution in [-0.2, 0) is 23.7 Å². The molecule has 14 atom stereocenters. The van der Waals surface area contributed by atoms with E-state index in [-0.39, 0.29) is 67.4 Å². The summed E-state index contributed by atoms with van der Waals surface area (Å²) in [6.45, 7) is 26.7. The summed E-state index contributed by atoms with van der Waals surface area (Å²) in [7, 11) is 0. The van der Waals surface area contributed by atoms with Crippen LogP contribution in [0.5, 0.6) is 23.0 Å². The second kappa shape index (κ2) is 13.0. The lowest BCUT2D eigenvalue weighted by Crippen LogP contribution is -2.80. The Morgan fingerprint density at radius 2 is 1.01 bits per heavy atom. The molecular formula is C59H80N2O7. The van der Waals surface area contributed by atoms with Gasteiger partial charge in [0, 0.05) is 68.8 Å². The number of nitrogens with zero attached hydrogens (tertiary/aromatic N) is 2. The number of carbonyl (C=O) groups is 1. The van der Waals surface area contributed by atoms with Crippen LogP contribution in [0.2, 0.25) is 0 Å². The van der Waals surface area contributed by atoms with Crippen molar-refractivity contribution in [3.8, 4) is 23.0 Å². The fraction of sp³-hybridized carbons (Fsp3) is 0.780. The normalized spacial score (nSPS) is 44.0. The molecule has 16 rings (SSSR count). The van der Waals surface area contributed by atoms with Crippen molar-refractivity contribution in [1.82, 2.24) is 9.80 Å². The van der Waals surface area contributed by atoms with E-state index in [4.69, 9.17) is 18.9 Å². The number of ether oxygens (including phenoxy) is 4. The molecule has 4 spiro atoms. The second-order valence-corrected chi connectivity index (χ2v) is 28.7. The topological polar surface area (TPSA) is 101 Å². The number of fused-ring (bicyclic) bond motifs is 4. The van der Waals surface area contributed by atoms with Gasteiger partial charge >= 0.3 is 6.16 Å². The van der Waals surface area contributed by atoms with E-state index < -0.39 is 17.4 Å². The smallest absolute Gasteiger partial charge is 0.485 e. The van der Waals surface area contributed by atoms with Gasteiger partial charge < -0.3 is 29.2 Å². The molecule has 2 aromatic rings. The van der Waals surface area contributed by atoms with E-state index in [9.17, 15) is 15.0 Å². The molecular weight excluding hydrogens is 849 g/mol. The van der Waals surface area contributed by atoms with Gasteiger partial charge in [0.1, 0.15) is 12.2 Å². The number of benzene rings is 2. The van der Waals surface area contributed by atoms with Crippen molar-refractivity contribution in [2.75, 3.05) is 26.2 Å². The molecule has 4 heterocycles. The molecule has 368 valence electrons. The van der Waals surface area contributed by atoms with Crippen molar-refractivity contribution in [1.29, 1.82) is 0 Å². The van der Waals surface area contributed by atoms with Crippen LogP contribution in [0.15, 0.2) is 24.3 Å². The summed E-state index contributed by atoms with van der Waals surface area (Å²) in [4.78, 5) is 20.3. The van der Waals surface area contributed by atoms with Gasteiger partial charge in [0.05, 0.1) is 11.2 Å². The number of aliphatic hydroxyl groups is 2. The zero-order valence-corrected chi connectivity index (χ0v) is 43.0. The van der Waals surface area contributed by atoms with E-state index in [0.717, 1.165) is 101 Å². The minimum absolute atomic E-state index is 0.0412. The molecule has 8 saturated carbocycles. The van der Waals surface area contributed by atoms with E-state index in [0.29, 0.717) is 23.6 Å². The third-order valence-electron chi connectivity index (χ3n) is 24.3. The highest BCUT2D eigenvalue weighted by Crippen LogP contribution is 2.82. The zero-order chi connectivity index (χ0) is 47.4. The number of rotatable bonds is 8. The molecule has 10 aliphatic carbocycles. The number of likely N-dealkylation sites (tertiary alicyclic amines) is 2. The van der Waals surface area contributed by atoms with Crippen LogP contribution in [0.3, 0.4) is 0 Å². The van der Waals surface area contributed by atoms with E-state index in [1.165, 1.54) is 61.0 Å². The maximum atomic E-state index is 14.6. The van der Waals surface area contributed by atoms with Crippen LogP contribution >= 0.6 is 0 Å². The fourth-order valence-electron chi connectivity index (χ4n) is 19.8. The third kappa shape index (κ3) is 4.99. The Hall–Kier alpha value is -2.85. The van der Waals surface area contributed by atoms with Gasteiger partial charge in [0.15, 0.2) is 23.0 Å². The van der Waals surface area contributed by atoms with Crippen LogP contribution in [0.4, 0.5) is 4.79 Å². The summed E-state index contributed by atoms with van der Waals surface area (Å²) in [6, 6.07) is 9.22. The second-order valence-electron chi connectivity index (χ2n) is 28.7. The molecule has 10 fully saturated rings. The monoisotopic (exact) mass is 929 g/mol. The molecule has 0 aromatic heterocycles. The predicted molar refractivity (Wildman–Crippen MR) is 260 cm³/mol. The van der Waals surface area contributed by atoms with Crippen LogP contribution in [0.1, 0.15) is 169 Å². The van der Waals surface area contributed by atoms with Crippen LogP contribution in [-0.4, -0.2) is 87.8 Å². The largest absolute Gasteiger partial charge is 0.519 e. The molecule has 68 heavy (non-hydrogen) atoms. The summed E-state index contributed by atoms with van der Waals surface area (Å²) < 4.78 is 28.0. The fourth-order valence-corrected chi connectivity index (χ4v) is 19.8. The highest BCUT2D eigenvalue weighted by atomic mass is 16.7. The van der Waals surface area contributed by atoms with Gasteiger partial charge in [0.2, 0.25) is 0 Å². The number of carbonyl (C=O) groups excluding carboxylic acids is 1. The molecule has 0 amide bonds. The van der Waals surface area contributed by atoms with Gasteiger partial charge in [0.25, 0.3) is 0 Å². The van der Waals surface area contributed by atoms with Crippen LogP contribution in [0.25, 0.3) is 0 Å². The Morgan fingerprint density at radius 3 is 1.38 bits per heavy atom. The maximum absolute atomic E-state index is 14.6. The summed E-state index contributed by atoms with van der Waals surface area (Å²) >= 11 is 0. The molecule has 8 bridgehead atoms. The first-order chi connectivity index (χ1) is 32.0. The first-order valence-electron chi connectivity index (χ1n) is 27.5. The quantitative estimate of drug-likeness (QED) is 0.198. The lowest BCUT2D eigenvalue weighted by atomic mass is 9.31. The van der Waals surface area contributed by atoms with Crippen molar-refractivity contribution in [3.05, 3.63) is 46.5 Å². The molecule has 9 heteroatoms. The summed E-state index contributed by atoms with van der Waals surface area (Å²) in [6.07, 6.45) is 14.6. The highest BCUT2D eigenvalue weighted by molar-refractivity contribution is 5.74. The van der Waals surface area contributed by atoms with Crippen molar-refractivity contribution < 1.29 is 34.0 Å². The van der Waals surface area contributed by atoms with Gasteiger partial charge in [-0.3, -0.25) is 9.80 Å². The van der Waals surface area contributed by atoms with Gasteiger partial charge in [-0.05, 0) is 175 Å². The average Bonchev–Trinajstić information content (AvgIpc) is 4.20. The van der Waals surface area contributed by atoms with E-state index >= 15 is 0 Å². The van der Waals surface area contributed by atoms with Crippen LogP contribution in [0, 0.1) is 56.2 Å². The molecule has 14 aliphatic rings. The standard InChI is InChI=1S/C59H80N2O7/c1-50(2,3)54(9,63)39-29-56-21-19-52(39,7)47-58(56)23-25-60(31-33-11-12-33)41(56)27-35-15-17-37(45(67-47)43(35)58)65-49(62)66-38-18-16-36-28-42-57-22-20-53(8,40(30-57)55(10,64)51(4,5)6)48-59(57,44(36)46(38)68-48)24-26-61(42)32-34-13-14-34/h15-18,33-34,39-42,47-48,63-64H,11-14,19-32H2,1-10H3/t39-,40-,41+,42?,47-,48-,52?,53?,54?,55?,56+,57+,58-,59-/m0/s1. The highest BCUT2D eigenvalue weighted by Gasteiger charge is 2.83. The van der Waals surface area contributed by atoms with Crippen molar-refractivity contribution in [3.63, 3.8) is 0 Å². The summed E-state index contributed by atoms with van der Waals surface area (Å²) in [5.74, 6) is 4.07. The first-order valence-corrected chi connectivity index (χ1v) is 27.5. The Kier molecular flexibility index (Phi) is 8.41. The van der Waals surface area contributed by atoms with E-state index in [1.807, 2.05) is 12.1 Å². The predicted octanol–water partition coefficient (Wildman–Crippen LogP) is 10.5. The zero-order valence-electron chi connectivity index (χ0n) is 43.0. The van der Waals surface area contributed by atoms with E-state index in [1.54, 1.807) is 0 Å². The lowest BCUT2D eigenvalue weighted by Gasteiger charge is -2.75. The number of hydrogen-bond acceptors (Lipinski definition) is 9. The first kappa shape index (κ1) is 43.9. The SMILES string of the molecule is CC12CC[C@@]3(C[C@@H]1C(C)(O)C(C)(C)C)C1Cc4ccc(OC(=O)Oc5ccc6c7c5O[C@H]5C8(C)CC[C@@]9(C[C@@H]8C(C)(O)C(C)(C)C)[C@@H](C6)N(CC6CC6)CC[C@]759)c5c4[C@@]3(CCN1CC1CC1)[C@H]2O5. The maximum Gasteiger partial charge on any atom is 0.519 e. The number of hydrogen-bond donors (Lipinski definition) is 2. The van der Waals surface area contributed by atoms with Gasteiger partial charge in [-0.15, -0.1) is 0 Å². The minimum Gasteiger partial charge on any atom is -0.485 e. The molecule has 0 radical (unpaired) electrons. The molecule has 4 aliphatic heterocycles. The van der Waals surface area contributed by atoms with Crippen LogP contribution < -0.4 is 18.9 Å². The van der Waals surface area contributed by atoms with Gasteiger partial charge in [-0.25, -0.2) is 4.79 Å². The molecule has 2 aromatic carbocycles. The minimum atomic E-state index is -0.903. The Morgan fingerprint density at radius 1 is 0.618 bits per heavy atom. The number of piperidine rings is 2. The van der Waals surface area contributed by atoms with Crippen molar-refractivity contribution in [2.24, 2.45) is 56.2 Å². The average molecular weight is 929 g/mol. The molecule has 2 saturated heterocycles. The summed E-state index contributed by atoms with van der Waals surface area (Å²) in [5.41, 5.74) is 1.79. The molecule has 5 unspecified atom stereocenters. The molecule has 9 nitrogen and oxygen atoms in total.